The van der Waals surface area contributed by atoms with Gasteiger partial charge in [0.2, 0.25) is 0 Å². The Balaban J connectivity index is 1.68. The zero-order valence-electron chi connectivity index (χ0n) is 17.3. The van der Waals surface area contributed by atoms with Crippen molar-refractivity contribution in [1.82, 2.24) is 14.5 Å². The molecule has 2 aromatic heterocycles. The summed E-state index contributed by atoms with van der Waals surface area (Å²) < 4.78 is 2.00. The highest BCUT2D eigenvalue weighted by molar-refractivity contribution is 6.13. The van der Waals surface area contributed by atoms with Gasteiger partial charge in [-0.15, -0.1) is 0 Å². The Morgan fingerprint density at radius 1 is 1.33 bits per heavy atom. The summed E-state index contributed by atoms with van der Waals surface area (Å²) in [5.41, 5.74) is 11.1. The standard InChI is InChI=1S/C24H26BN5/c1-3-18(10-11-21(4-2)29-24(26)23-7-5-6-12-28-23)19-8-9-20(15-19)22(25)16-30-14-13-27-17-30/h4-14,17,22H,2-3,15-16H2,1H3,(H2,26,29)/b18-10+,21-11+. The molecule has 0 spiro atoms. The quantitative estimate of drug-likeness (QED) is 0.298. The molecule has 0 amide bonds. The molecule has 3 rings (SSSR count). The molecule has 1 aliphatic carbocycles. The van der Waals surface area contributed by atoms with E-state index in [4.69, 9.17) is 13.6 Å². The number of hydrogen-bond donors (Lipinski definition) is 1. The lowest BCUT2D eigenvalue weighted by Gasteiger charge is -2.16. The fourth-order valence-corrected chi connectivity index (χ4v) is 3.26. The number of nitrogens with two attached hydrogens (primary N) is 1. The molecule has 2 N–H and O–H groups in total. The number of allylic oxidation sites excluding steroid dienone is 8. The van der Waals surface area contributed by atoms with Crippen molar-refractivity contribution in [2.24, 2.45) is 10.7 Å². The molecule has 30 heavy (non-hydrogen) atoms. The minimum Gasteiger partial charge on any atom is -0.382 e. The van der Waals surface area contributed by atoms with Crippen LogP contribution < -0.4 is 5.73 Å². The summed E-state index contributed by atoms with van der Waals surface area (Å²) in [6.45, 7) is 6.71. The molecule has 0 saturated carbocycles. The Labute approximate surface area is 179 Å². The van der Waals surface area contributed by atoms with E-state index in [0.29, 0.717) is 17.2 Å². The average Bonchev–Trinajstić information content (AvgIpc) is 3.46. The highest BCUT2D eigenvalue weighted by Gasteiger charge is 2.16. The van der Waals surface area contributed by atoms with E-state index in [9.17, 15) is 0 Å². The second-order valence-corrected chi connectivity index (χ2v) is 7.03. The Kier molecular flexibility index (Phi) is 7.38. The molecular weight excluding hydrogens is 369 g/mol. The van der Waals surface area contributed by atoms with Gasteiger partial charge in [-0.05, 0) is 54.1 Å². The molecule has 0 saturated heterocycles. The fraction of sp³-hybridized carbons (Fsp3) is 0.208. The molecule has 1 unspecified atom stereocenters. The molecule has 150 valence electrons. The van der Waals surface area contributed by atoms with Crippen molar-refractivity contribution in [3.8, 4) is 0 Å². The maximum Gasteiger partial charge on any atom is 0.150 e. The Morgan fingerprint density at radius 3 is 2.87 bits per heavy atom. The molecule has 1 aliphatic rings. The summed E-state index contributed by atoms with van der Waals surface area (Å²) >= 11 is 0. The van der Waals surface area contributed by atoms with Crippen molar-refractivity contribution >= 4 is 13.7 Å². The summed E-state index contributed by atoms with van der Waals surface area (Å²) in [6, 6.07) is 5.55. The smallest absolute Gasteiger partial charge is 0.150 e. The maximum absolute atomic E-state index is 6.40. The molecule has 2 heterocycles. The van der Waals surface area contributed by atoms with E-state index < -0.39 is 0 Å². The predicted molar refractivity (Wildman–Crippen MR) is 124 cm³/mol. The lowest BCUT2D eigenvalue weighted by atomic mass is 9.79. The molecule has 6 heteroatoms. The van der Waals surface area contributed by atoms with Crippen molar-refractivity contribution in [2.75, 3.05) is 0 Å². The third kappa shape index (κ3) is 5.57. The van der Waals surface area contributed by atoms with Crippen molar-refractivity contribution in [1.29, 1.82) is 0 Å². The van der Waals surface area contributed by atoms with Gasteiger partial charge in [0.25, 0.3) is 0 Å². The summed E-state index contributed by atoms with van der Waals surface area (Å²) in [4.78, 5) is 12.8. The van der Waals surface area contributed by atoms with Crippen molar-refractivity contribution in [3.63, 3.8) is 0 Å². The van der Waals surface area contributed by atoms with Crippen LogP contribution in [0.2, 0.25) is 5.82 Å². The molecule has 0 aliphatic heterocycles. The van der Waals surface area contributed by atoms with Gasteiger partial charge < -0.3 is 10.3 Å². The molecule has 2 radical (unpaired) electrons. The van der Waals surface area contributed by atoms with Crippen LogP contribution >= 0.6 is 0 Å². The SMILES string of the molecule is [B]C(Cn1ccnc1)C1=CC=C(/C(=C/C=C(\C=C)N=C(N)c2ccccn2)CC)C1. The number of aromatic nitrogens is 3. The Bertz CT molecular complexity index is 1010. The number of aliphatic imine (C=N–C) groups is 1. The van der Waals surface area contributed by atoms with Crippen LogP contribution in [0.4, 0.5) is 0 Å². The van der Waals surface area contributed by atoms with E-state index in [2.05, 4.69) is 46.7 Å². The van der Waals surface area contributed by atoms with Gasteiger partial charge in [0, 0.05) is 25.1 Å². The van der Waals surface area contributed by atoms with E-state index in [1.54, 1.807) is 24.8 Å². The first kappa shape index (κ1) is 21.3. The van der Waals surface area contributed by atoms with Gasteiger partial charge in [-0.2, -0.15) is 0 Å². The number of nitrogens with zero attached hydrogens (tertiary/aromatic N) is 4. The van der Waals surface area contributed by atoms with E-state index >= 15 is 0 Å². The Hall–Kier alpha value is -3.41. The zero-order valence-corrected chi connectivity index (χ0v) is 17.3. The minimum absolute atomic E-state index is 0.0342. The Morgan fingerprint density at radius 2 is 2.20 bits per heavy atom. The zero-order chi connectivity index (χ0) is 21.3. The number of pyridine rings is 1. The molecule has 0 fully saturated rings. The van der Waals surface area contributed by atoms with Crippen LogP contribution in [0.25, 0.3) is 0 Å². The van der Waals surface area contributed by atoms with Gasteiger partial charge in [-0.3, -0.25) is 4.98 Å². The second kappa shape index (κ2) is 10.4. The van der Waals surface area contributed by atoms with Crippen molar-refractivity contribution in [2.45, 2.75) is 32.1 Å². The van der Waals surface area contributed by atoms with Gasteiger partial charge in [0.15, 0.2) is 0 Å². The largest absolute Gasteiger partial charge is 0.382 e. The maximum atomic E-state index is 6.40. The highest BCUT2D eigenvalue weighted by atomic mass is 15.0. The first-order chi connectivity index (χ1) is 14.6. The minimum atomic E-state index is -0.0342. The average molecular weight is 395 g/mol. The first-order valence-corrected chi connectivity index (χ1v) is 10.0. The third-order valence-electron chi connectivity index (χ3n) is 4.97. The molecule has 5 nitrogen and oxygen atoms in total. The summed E-state index contributed by atoms with van der Waals surface area (Å²) in [5, 5.41) is 0. The monoisotopic (exact) mass is 395 g/mol. The fourth-order valence-electron chi connectivity index (χ4n) is 3.26. The van der Waals surface area contributed by atoms with E-state index in [-0.39, 0.29) is 5.82 Å². The van der Waals surface area contributed by atoms with Crippen LogP contribution in [0.3, 0.4) is 0 Å². The lowest BCUT2D eigenvalue weighted by molar-refractivity contribution is 0.683. The van der Waals surface area contributed by atoms with Crippen LogP contribution in [0.1, 0.15) is 25.5 Å². The topological polar surface area (TPSA) is 69.1 Å². The number of rotatable bonds is 9. The van der Waals surface area contributed by atoms with E-state index in [1.807, 2.05) is 35.0 Å². The van der Waals surface area contributed by atoms with Crippen LogP contribution in [-0.4, -0.2) is 28.2 Å². The van der Waals surface area contributed by atoms with Gasteiger partial charge in [-0.25, -0.2) is 9.98 Å². The van der Waals surface area contributed by atoms with Gasteiger partial charge in [-0.1, -0.05) is 43.4 Å². The van der Waals surface area contributed by atoms with Crippen LogP contribution in [-0.2, 0) is 6.54 Å². The normalized spacial score (nSPS) is 16.2. The van der Waals surface area contributed by atoms with E-state index in [0.717, 1.165) is 19.4 Å². The number of imidazole rings is 1. The van der Waals surface area contributed by atoms with Gasteiger partial charge >= 0.3 is 0 Å². The molecular formula is C24H26BN5. The van der Waals surface area contributed by atoms with Gasteiger partial charge in [0.1, 0.15) is 11.5 Å². The second-order valence-electron chi connectivity index (χ2n) is 7.03. The number of amidine groups is 1. The summed E-state index contributed by atoms with van der Waals surface area (Å²) in [7, 11) is 6.40. The van der Waals surface area contributed by atoms with Crippen LogP contribution in [0, 0.1) is 0 Å². The summed E-state index contributed by atoms with van der Waals surface area (Å²) in [5.74, 6) is 0.329. The molecule has 0 bridgehead atoms. The first-order valence-electron chi connectivity index (χ1n) is 10.0. The molecule has 1 atom stereocenters. The predicted octanol–water partition coefficient (Wildman–Crippen LogP) is 4.30. The van der Waals surface area contributed by atoms with Gasteiger partial charge in [0.05, 0.1) is 19.9 Å². The third-order valence-corrected chi connectivity index (χ3v) is 4.97. The van der Waals surface area contributed by atoms with E-state index in [1.165, 1.54) is 16.7 Å². The number of hydrogen-bond acceptors (Lipinski definition) is 3. The molecule has 0 aromatic carbocycles. The highest BCUT2D eigenvalue weighted by Crippen LogP contribution is 2.33. The molecule has 2 aromatic rings. The van der Waals surface area contributed by atoms with Crippen LogP contribution in [0.5, 0.6) is 0 Å². The van der Waals surface area contributed by atoms with Crippen molar-refractivity contribution in [3.05, 3.63) is 108 Å². The lowest BCUT2D eigenvalue weighted by Crippen LogP contribution is -2.14. The summed E-state index contributed by atoms with van der Waals surface area (Å²) in [6.07, 6.45) is 18.9. The van der Waals surface area contributed by atoms with Crippen LogP contribution in [0.15, 0.2) is 107 Å². The van der Waals surface area contributed by atoms with Crippen molar-refractivity contribution < 1.29 is 0 Å².